The Hall–Kier alpha value is -3.36. The van der Waals surface area contributed by atoms with Crippen LogP contribution < -0.4 is 14.8 Å². The quantitative estimate of drug-likeness (QED) is 0.521. The van der Waals surface area contributed by atoms with Crippen LogP contribution in [-0.2, 0) is 24.3 Å². The van der Waals surface area contributed by atoms with Gasteiger partial charge in [0.2, 0.25) is 18.6 Å². The molecule has 0 bridgehead atoms. The van der Waals surface area contributed by atoms with Crippen molar-refractivity contribution >= 4 is 23.1 Å². The van der Waals surface area contributed by atoms with Crippen LogP contribution in [0.5, 0.6) is 11.5 Å². The maximum Gasteiger partial charge on any atom is 0.231 e. The zero-order valence-corrected chi connectivity index (χ0v) is 19.4. The third-order valence-corrected chi connectivity index (χ3v) is 6.11. The van der Waals surface area contributed by atoms with Crippen molar-refractivity contribution in [2.45, 2.75) is 32.4 Å². The van der Waals surface area contributed by atoms with Crippen molar-refractivity contribution in [1.82, 2.24) is 20.4 Å². The largest absolute Gasteiger partial charge is 0.454 e. The second-order valence-corrected chi connectivity index (χ2v) is 8.75. The van der Waals surface area contributed by atoms with Gasteiger partial charge in [-0.05, 0) is 47.4 Å². The van der Waals surface area contributed by atoms with Gasteiger partial charge in [-0.3, -0.25) is 9.69 Å². The number of ether oxygens (including phenoxy) is 2. The van der Waals surface area contributed by atoms with Gasteiger partial charge in [-0.2, -0.15) is 4.98 Å². The number of halogens is 1. The Bertz CT molecular complexity index is 1190. The molecule has 2 aliphatic rings. The molecule has 1 N–H and O–H groups in total. The summed E-state index contributed by atoms with van der Waals surface area (Å²) in [5, 5.41) is 7.78. The molecule has 0 fully saturated rings. The fourth-order valence-electron chi connectivity index (χ4n) is 3.95. The number of aryl methyl sites for hydroxylation is 1. The Balaban J connectivity index is 1.07. The predicted octanol–water partition coefficient (Wildman–Crippen LogP) is 3.99. The average molecular weight is 481 g/mol. The summed E-state index contributed by atoms with van der Waals surface area (Å²) in [5.41, 5.74) is 3.27. The van der Waals surface area contributed by atoms with Gasteiger partial charge in [0.25, 0.3) is 0 Å². The number of aromatic nitrogens is 2. The van der Waals surface area contributed by atoms with E-state index >= 15 is 0 Å². The molecule has 9 heteroatoms. The van der Waals surface area contributed by atoms with Gasteiger partial charge < -0.3 is 19.3 Å². The van der Waals surface area contributed by atoms with Gasteiger partial charge in [0, 0.05) is 44.0 Å². The first-order valence-electron chi connectivity index (χ1n) is 11.3. The summed E-state index contributed by atoms with van der Waals surface area (Å²) in [6.07, 6.45) is 3.67. The van der Waals surface area contributed by atoms with Crippen LogP contribution in [0.15, 0.2) is 53.1 Å². The molecule has 0 unspecified atom stereocenters. The predicted molar refractivity (Wildman–Crippen MR) is 126 cm³/mol. The first-order chi connectivity index (χ1) is 16.6. The van der Waals surface area contributed by atoms with Gasteiger partial charge in [0.1, 0.15) is 0 Å². The van der Waals surface area contributed by atoms with Crippen LogP contribution in [0.4, 0.5) is 0 Å². The first kappa shape index (κ1) is 22.4. The lowest BCUT2D eigenvalue weighted by molar-refractivity contribution is -0.121. The van der Waals surface area contributed by atoms with E-state index in [4.69, 9.17) is 25.6 Å². The van der Waals surface area contributed by atoms with E-state index in [0.717, 1.165) is 48.0 Å². The molecule has 1 amide bonds. The molecule has 1 aromatic heterocycles. The van der Waals surface area contributed by atoms with Crippen LogP contribution in [-0.4, -0.2) is 40.8 Å². The van der Waals surface area contributed by atoms with E-state index in [1.54, 1.807) is 0 Å². The third-order valence-electron chi connectivity index (χ3n) is 5.86. The van der Waals surface area contributed by atoms with Crippen molar-refractivity contribution < 1.29 is 18.8 Å². The number of nitrogens with zero attached hydrogens (tertiary/aromatic N) is 3. The Labute approximate surface area is 202 Å². The summed E-state index contributed by atoms with van der Waals surface area (Å²) < 4.78 is 16.0. The minimum Gasteiger partial charge on any atom is -0.454 e. The number of hydrogen-bond acceptors (Lipinski definition) is 7. The Morgan fingerprint density at radius 3 is 2.74 bits per heavy atom. The van der Waals surface area contributed by atoms with Gasteiger partial charge in [0.05, 0.1) is 0 Å². The summed E-state index contributed by atoms with van der Waals surface area (Å²) in [7, 11) is 0. The number of carbonyl (C=O) groups is 1. The molecule has 0 saturated carbocycles. The fourth-order valence-corrected chi connectivity index (χ4v) is 4.08. The Morgan fingerprint density at radius 2 is 1.91 bits per heavy atom. The van der Waals surface area contributed by atoms with Crippen molar-refractivity contribution in [1.29, 1.82) is 0 Å². The van der Waals surface area contributed by atoms with Crippen LogP contribution in [0.25, 0.3) is 5.57 Å². The van der Waals surface area contributed by atoms with Crippen LogP contribution in [0.2, 0.25) is 5.02 Å². The van der Waals surface area contributed by atoms with E-state index in [1.807, 2.05) is 30.3 Å². The van der Waals surface area contributed by atoms with Gasteiger partial charge >= 0.3 is 0 Å². The lowest BCUT2D eigenvalue weighted by Gasteiger charge is -2.25. The maximum absolute atomic E-state index is 12.3. The number of benzene rings is 2. The molecule has 0 radical (unpaired) electrons. The second kappa shape index (κ2) is 10.3. The summed E-state index contributed by atoms with van der Waals surface area (Å²) in [4.78, 5) is 19.1. The highest BCUT2D eigenvalue weighted by Gasteiger charge is 2.18. The molecule has 8 nitrogen and oxygen atoms in total. The number of carbonyl (C=O) groups excluding carboxylic acids is 1. The van der Waals surface area contributed by atoms with Crippen LogP contribution in [0, 0.1) is 0 Å². The van der Waals surface area contributed by atoms with Gasteiger partial charge in [-0.25, -0.2) is 0 Å². The van der Waals surface area contributed by atoms with Gasteiger partial charge in [0.15, 0.2) is 17.3 Å². The van der Waals surface area contributed by atoms with E-state index < -0.39 is 0 Å². The minimum atomic E-state index is -0.0767. The zero-order chi connectivity index (χ0) is 23.3. The van der Waals surface area contributed by atoms with Crippen molar-refractivity contribution in [3.05, 3.63) is 76.4 Å². The molecule has 34 heavy (non-hydrogen) atoms. The fraction of sp³-hybridized carbons (Fsp3) is 0.320. The lowest BCUT2D eigenvalue weighted by atomic mass is 10.1. The van der Waals surface area contributed by atoms with Crippen molar-refractivity contribution in [3.8, 4) is 11.5 Å². The molecule has 3 heterocycles. The average Bonchev–Trinajstić information content (AvgIpc) is 3.53. The highest BCUT2D eigenvalue weighted by molar-refractivity contribution is 6.30. The van der Waals surface area contributed by atoms with Crippen molar-refractivity contribution in [2.24, 2.45) is 0 Å². The maximum atomic E-state index is 12.3. The summed E-state index contributed by atoms with van der Waals surface area (Å²) >= 11 is 5.96. The van der Waals surface area contributed by atoms with Crippen molar-refractivity contribution in [3.63, 3.8) is 0 Å². The van der Waals surface area contributed by atoms with E-state index in [1.165, 1.54) is 5.56 Å². The van der Waals surface area contributed by atoms with Gasteiger partial charge in [-0.1, -0.05) is 41.0 Å². The van der Waals surface area contributed by atoms with Gasteiger partial charge in [-0.15, -0.1) is 0 Å². The molecule has 2 aliphatic heterocycles. The number of fused-ring (bicyclic) bond motifs is 1. The monoisotopic (exact) mass is 480 g/mol. The van der Waals surface area contributed by atoms with E-state index in [-0.39, 0.29) is 19.1 Å². The minimum absolute atomic E-state index is 0.0767. The molecule has 176 valence electrons. The molecule has 0 atom stereocenters. The van der Waals surface area contributed by atoms with Crippen LogP contribution >= 0.6 is 11.6 Å². The number of rotatable bonds is 8. The number of nitrogens with one attached hydrogen (secondary N) is 1. The molecular formula is C25H25ClN4O4. The summed E-state index contributed by atoms with van der Waals surface area (Å²) in [5.74, 6) is 2.44. The zero-order valence-electron chi connectivity index (χ0n) is 18.6. The Morgan fingerprint density at radius 1 is 1.09 bits per heavy atom. The molecule has 3 aromatic rings. The second-order valence-electron chi connectivity index (χ2n) is 8.32. The number of amides is 1. The molecule has 0 saturated heterocycles. The smallest absolute Gasteiger partial charge is 0.231 e. The molecular weight excluding hydrogens is 456 g/mol. The van der Waals surface area contributed by atoms with E-state index in [0.29, 0.717) is 30.4 Å². The van der Waals surface area contributed by atoms with E-state index in [9.17, 15) is 4.79 Å². The normalized spacial score (nSPS) is 15.3. The molecule has 5 rings (SSSR count). The van der Waals surface area contributed by atoms with Crippen molar-refractivity contribution in [2.75, 3.05) is 19.9 Å². The third kappa shape index (κ3) is 5.58. The molecule has 0 spiro atoms. The Kier molecular flexibility index (Phi) is 6.78. The summed E-state index contributed by atoms with van der Waals surface area (Å²) in [6.45, 7) is 3.27. The van der Waals surface area contributed by atoms with Crippen LogP contribution in [0.1, 0.15) is 35.7 Å². The van der Waals surface area contributed by atoms with E-state index in [2.05, 4.69) is 38.6 Å². The number of hydrogen-bond donors (Lipinski definition) is 1. The van der Waals surface area contributed by atoms with Crippen LogP contribution in [0.3, 0.4) is 0 Å². The molecule has 0 aliphatic carbocycles. The topological polar surface area (TPSA) is 89.7 Å². The first-order valence-corrected chi connectivity index (χ1v) is 11.6. The molecule has 2 aromatic carbocycles. The summed E-state index contributed by atoms with van der Waals surface area (Å²) in [6, 6.07) is 13.6. The standard InChI is InChI=1S/C25H25ClN4O4/c26-20-4-1-17(2-5-20)15-30-11-9-19(10-12-30)25-28-24(34-29-25)8-7-23(31)27-14-18-3-6-21-22(13-18)33-16-32-21/h1-6,9,13H,7-8,10-12,14-16H2,(H,27,31). The highest BCUT2D eigenvalue weighted by Crippen LogP contribution is 2.32. The lowest BCUT2D eigenvalue weighted by Crippen LogP contribution is -2.28. The SMILES string of the molecule is O=C(CCc1nc(C2=CCN(Cc3ccc(Cl)cc3)CC2)no1)NCc1ccc2c(c1)OCO2. The highest BCUT2D eigenvalue weighted by atomic mass is 35.5.